The molecular weight excluding hydrogens is 504 g/mol. The van der Waals surface area contributed by atoms with Gasteiger partial charge in [-0.25, -0.2) is 14.6 Å². The number of aliphatic hydroxyl groups is 1. The molecule has 0 radical (unpaired) electrons. The molecule has 2 N–H and O–H groups in total. The van der Waals surface area contributed by atoms with Crippen LogP contribution >= 0.6 is 0 Å². The summed E-state index contributed by atoms with van der Waals surface area (Å²) in [6, 6.07) is 23.4. The van der Waals surface area contributed by atoms with Crippen molar-refractivity contribution in [2.45, 2.75) is 6.61 Å². The van der Waals surface area contributed by atoms with Crippen LogP contribution in [0.3, 0.4) is 0 Å². The van der Waals surface area contributed by atoms with Crippen LogP contribution in [0, 0.1) is 0 Å². The topological polar surface area (TPSA) is 104 Å². The number of aromatic nitrogens is 5. The fourth-order valence-electron chi connectivity index (χ4n) is 5.29. The molecule has 3 aromatic carbocycles. The minimum absolute atomic E-state index is 0.0479. The molecule has 40 heavy (non-hydrogen) atoms. The Bertz CT molecular complexity index is 1900. The third kappa shape index (κ3) is 4.14. The zero-order valence-corrected chi connectivity index (χ0v) is 22.0. The van der Waals surface area contributed by atoms with Gasteiger partial charge >= 0.3 is 0 Å². The van der Waals surface area contributed by atoms with Gasteiger partial charge in [0.15, 0.2) is 11.3 Å². The molecule has 3 aromatic heterocycles. The van der Waals surface area contributed by atoms with Crippen molar-refractivity contribution in [1.82, 2.24) is 29.0 Å². The van der Waals surface area contributed by atoms with E-state index in [0.717, 1.165) is 54.0 Å². The first kappa shape index (κ1) is 24.3. The average Bonchev–Trinajstić information content (AvgIpc) is 3.32. The summed E-state index contributed by atoms with van der Waals surface area (Å²) in [5.74, 6) is 0.374. The third-order valence-corrected chi connectivity index (χ3v) is 7.53. The molecule has 0 bridgehead atoms. The maximum absolute atomic E-state index is 13.8. The summed E-state index contributed by atoms with van der Waals surface area (Å²) in [6.07, 6.45) is 1.53. The summed E-state index contributed by atoms with van der Waals surface area (Å²) < 4.78 is 3.41. The fraction of sp³-hybridized carbons (Fsp3) is 0.200. The predicted molar refractivity (Wildman–Crippen MR) is 157 cm³/mol. The lowest BCUT2D eigenvalue weighted by molar-refractivity contribution is 0.282. The number of rotatable bonds is 5. The number of hydrogen-bond donors (Lipinski definition) is 2. The van der Waals surface area contributed by atoms with Crippen LogP contribution in [0.2, 0.25) is 0 Å². The Hall–Kier alpha value is -4.80. The molecule has 0 unspecified atom stereocenters. The first-order valence-electron chi connectivity index (χ1n) is 13.3. The second-order valence-corrected chi connectivity index (χ2v) is 10.1. The minimum Gasteiger partial charge on any atom is -0.392 e. The lowest BCUT2D eigenvalue weighted by Crippen LogP contribution is -2.44. The van der Waals surface area contributed by atoms with Crippen molar-refractivity contribution in [2.24, 2.45) is 0 Å². The zero-order chi connectivity index (χ0) is 27.2. The average molecular weight is 533 g/mol. The number of benzene rings is 3. The van der Waals surface area contributed by atoms with Crippen LogP contribution in [0.4, 0.5) is 17.3 Å². The van der Waals surface area contributed by atoms with Crippen LogP contribution in [-0.2, 0) is 6.61 Å². The van der Waals surface area contributed by atoms with Gasteiger partial charge in [0.25, 0.3) is 5.56 Å². The molecule has 0 amide bonds. The molecule has 0 spiro atoms. The number of likely N-dealkylation sites (N-methyl/N-ethyl adjacent to an activating group) is 1. The van der Waals surface area contributed by atoms with E-state index in [1.165, 1.54) is 11.9 Å². The van der Waals surface area contributed by atoms with Gasteiger partial charge in [0.05, 0.1) is 17.8 Å². The van der Waals surface area contributed by atoms with Crippen molar-refractivity contribution in [3.05, 3.63) is 94.9 Å². The van der Waals surface area contributed by atoms with E-state index in [0.29, 0.717) is 22.6 Å². The maximum atomic E-state index is 13.8. The molecule has 0 atom stereocenters. The molecule has 7 rings (SSSR count). The number of fused-ring (bicyclic) bond motifs is 4. The quantitative estimate of drug-likeness (QED) is 0.347. The molecule has 6 aromatic rings. The van der Waals surface area contributed by atoms with E-state index in [2.05, 4.69) is 44.3 Å². The number of nitrogens with zero attached hydrogens (tertiary/aromatic N) is 7. The normalized spacial score (nSPS) is 14.4. The molecule has 0 aliphatic carbocycles. The van der Waals surface area contributed by atoms with Gasteiger partial charge in [0.1, 0.15) is 5.39 Å². The Morgan fingerprint density at radius 1 is 0.850 bits per heavy atom. The van der Waals surface area contributed by atoms with Crippen molar-refractivity contribution in [3.8, 4) is 5.69 Å². The molecule has 10 heteroatoms. The molecule has 4 heterocycles. The number of para-hydroxylation sites is 1. The lowest BCUT2D eigenvalue weighted by Gasteiger charge is -2.34. The van der Waals surface area contributed by atoms with Gasteiger partial charge in [-0.2, -0.15) is 9.50 Å². The number of nitrogens with one attached hydrogen (secondary N) is 1. The first-order valence-corrected chi connectivity index (χ1v) is 13.3. The second kappa shape index (κ2) is 9.74. The van der Waals surface area contributed by atoms with E-state index in [1.54, 1.807) is 4.52 Å². The van der Waals surface area contributed by atoms with Crippen molar-refractivity contribution < 1.29 is 5.11 Å². The van der Waals surface area contributed by atoms with Crippen molar-refractivity contribution in [3.63, 3.8) is 0 Å². The summed E-state index contributed by atoms with van der Waals surface area (Å²) >= 11 is 0. The fourth-order valence-corrected chi connectivity index (χ4v) is 5.29. The molecule has 1 aliphatic rings. The van der Waals surface area contributed by atoms with Crippen LogP contribution in [0.5, 0.6) is 0 Å². The van der Waals surface area contributed by atoms with Gasteiger partial charge in [-0.15, -0.1) is 0 Å². The van der Waals surface area contributed by atoms with Crippen LogP contribution in [0.25, 0.3) is 33.3 Å². The van der Waals surface area contributed by atoms with Gasteiger partial charge in [0, 0.05) is 49.1 Å². The second-order valence-electron chi connectivity index (χ2n) is 10.1. The van der Waals surface area contributed by atoms with Gasteiger partial charge in [-0.1, -0.05) is 24.3 Å². The van der Waals surface area contributed by atoms with E-state index in [1.807, 2.05) is 65.3 Å². The molecule has 1 fully saturated rings. The van der Waals surface area contributed by atoms with Crippen LogP contribution in [0.1, 0.15) is 5.56 Å². The van der Waals surface area contributed by atoms with Gasteiger partial charge in [-0.3, -0.25) is 4.79 Å². The van der Waals surface area contributed by atoms with E-state index in [4.69, 9.17) is 4.98 Å². The Kier molecular flexibility index (Phi) is 5.91. The smallest absolute Gasteiger partial charge is 0.284 e. The summed E-state index contributed by atoms with van der Waals surface area (Å²) in [6.45, 7) is 4.08. The van der Waals surface area contributed by atoms with Gasteiger partial charge < -0.3 is 20.2 Å². The highest BCUT2D eigenvalue weighted by Gasteiger charge is 2.18. The SMILES string of the molecule is CN1CCN(c2ccc(Nc3ncc4c(=O)n5c(nc4n3)c3ccccc3n5-c3ccc(CO)cc3)cc2)CC1. The molecule has 0 saturated carbocycles. The Labute approximate surface area is 229 Å². The number of anilines is 3. The third-order valence-electron chi connectivity index (χ3n) is 7.53. The van der Waals surface area contributed by atoms with Crippen LogP contribution < -0.4 is 15.8 Å². The zero-order valence-electron chi connectivity index (χ0n) is 22.0. The molecule has 200 valence electrons. The highest BCUT2D eigenvalue weighted by Crippen LogP contribution is 2.26. The van der Waals surface area contributed by atoms with E-state index < -0.39 is 0 Å². The Morgan fingerprint density at radius 2 is 1.57 bits per heavy atom. The lowest BCUT2D eigenvalue weighted by atomic mass is 10.2. The highest BCUT2D eigenvalue weighted by atomic mass is 16.3. The molecule has 1 aliphatic heterocycles. The molecule has 10 nitrogen and oxygen atoms in total. The van der Waals surface area contributed by atoms with Gasteiger partial charge in [-0.05, 0) is 61.1 Å². The predicted octanol–water partition coefficient (Wildman–Crippen LogP) is 3.57. The Morgan fingerprint density at radius 3 is 2.33 bits per heavy atom. The summed E-state index contributed by atoms with van der Waals surface area (Å²) in [5, 5.41) is 13.9. The van der Waals surface area contributed by atoms with Crippen molar-refractivity contribution in [1.29, 1.82) is 0 Å². The number of piperazine rings is 1. The summed E-state index contributed by atoms with van der Waals surface area (Å²) in [5.41, 5.74) is 5.05. The van der Waals surface area contributed by atoms with Crippen molar-refractivity contribution in [2.75, 3.05) is 43.4 Å². The number of aliphatic hydroxyl groups excluding tert-OH is 1. The van der Waals surface area contributed by atoms with E-state index in [-0.39, 0.29) is 12.2 Å². The maximum Gasteiger partial charge on any atom is 0.284 e. The standard InChI is InChI=1S/C30H28N8O2/c1-35-14-16-36(17-15-35)22-12-8-21(9-13-22)32-30-31-18-25-27(34-30)33-28-24-4-2-3-5-26(24)37(38(28)29(25)40)23-10-6-20(19-39)7-11-23/h2-13,18,39H,14-17,19H2,1H3,(H,31,32,34). The van der Waals surface area contributed by atoms with Crippen LogP contribution in [0.15, 0.2) is 83.8 Å². The van der Waals surface area contributed by atoms with Crippen LogP contribution in [-0.4, -0.2) is 67.4 Å². The molecule has 1 saturated heterocycles. The molecular formula is C30H28N8O2. The monoisotopic (exact) mass is 532 g/mol. The highest BCUT2D eigenvalue weighted by molar-refractivity contribution is 5.95. The Balaban J connectivity index is 1.27. The minimum atomic E-state index is -0.259. The van der Waals surface area contributed by atoms with E-state index in [9.17, 15) is 9.90 Å². The summed E-state index contributed by atoms with van der Waals surface area (Å²) in [4.78, 5) is 32.4. The van der Waals surface area contributed by atoms with Gasteiger partial charge in [0.2, 0.25) is 5.95 Å². The van der Waals surface area contributed by atoms with E-state index >= 15 is 0 Å². The van der Waals surface area contributed by atoms with Crippen molar-refractivity contribution >= 4 is 44.9 Å². The summed E-state index contributed by atoms with van der Waals surface area (Å²) in [7, 11) is 2.15. The first-order chi connectivity index (χ1) is 19.6. The largest absolute Gasteiger partial charge is 0.392 e. The number of hydrogen-bond acceptors (Lipinski definition) is 8.